The Labute approximate surface area is 150 Å². The van der Waals surface area contributed by atoms with Crippen molar-refractivity contribution >= 4 is 28.9 Å². The zero-order chi connectivity index (χ0) is 18.0. The lowest BCUT2D eigenvalue weighted by Crippen LogP contribution is -2.34. The minimum atomic E-state index is -0.397. The van der Waals surface area contributed by atoms with Gasteiger partial charge >= 0.3 is 11.9 Å². The number of nitrogens with zero attached hydrogens (tertiary/aromatic N) is 2. The fraction of sp³-hybridized carbons (Fsp3) is 0.278. The second-order valence-electron chi connectivity index (χ2n) is 5.44. The minimum Gasteiger partial charge on any atom is -0.465 e. The van der Waals surface area contributed by atoms with Gasteiger partial charge in [-0.05, 0) is 37.0 Å². The molecule has 0 aromatic heterocycles. The predicted molar refractivity (Wildman–Crippen MR) is 95.9 cm³/mol. The number of carbonyl (C=O) groups is 2. The summed E-state index contributed by atoms with van der Waals surface area (Å²) >= 11 is 1.50. The zero-order valence-electron chi connectivity index (χ0n) is 14.2. The summed E-state index contributed by atoms with van der Waals surface area (Å²) in [6.07, 6.45) is 1.90. The Bertz CT molecular complexity index is 796. The Morgan fingerprint density at radius 1 is 1.24 bits per heavy atom. The third-order valence-electron chi connectivity index (χ3n) is 3.96. The monoisotopic (exact) mass is 358 g/mol. The van der Waals surface area contributed by atoms with Crippen molar-refractivity contribution in [1.82, 2.24) is 4.90 Å². The van der Waals surface area contributed by atoms with Gasteiger partial charge in [0.25, 0.3) is 0 Å². The Kier molecular flexibility index (Phi) is 4.94. The molecule has 0 spiro atoms. The van der Waals surface area contributed by atoms with Gasteiger partial charge in [0.05, 0.1) is 36.6 Å². The van der Waals surface area contributed by atoms with E-state index in [1.807, 2.05) is 35.6 Å². The number of methoxy groups -OCH3 is 1. The average molecular weight is 358 g/mol. The van der Waals surface area contributed by atoms with Crippen LogP contribution in [-0.2, 0) is 14.3 Å². The molecule has 2 heterocycles. The molecule has 2 aliphatic rings. The van der Waals surface area contributed by atoms with Gasteiger partial charge in [-0.2, -0.15) is 0 Å². The van der Waals surface area contributed by atoms with Crippen LogP contribution in [0.5, 0.6) is 0 Å². The van der Waals surface area contributed by atoms with Crippen LogP contribution in [0.4, 0.5) is 0 Å². The molecule has 2 aliphatic heterocycles. The second-order valence-corrected chi connectivity index (χ2v) is 6.31. The van der Waals surface area contributed by atoms with Crippen molar-refractivity contribution in [2.24, 2.45) is 4.99 Å². The van der Waals surface area contributed by atoms with E-state index in [9.17, 15) is 9.59 Å². The number of rotatable bonds is 4. The number of ether oxygens (including phenoxy) is 2. The lowest BCUT2D eigenvalue weighted by Gasteiger charge is -2.33. The molecule has 0 N–H and O–H groups in total. The maximum Gasteiger partial charge on any atom is 0.338 e. The third kappa shape index (κ3) is 3.19. The van der Waals surface area contributed by atoms with Crippen molar-refractivity contribution in [2.75, 3.05) is 13.7 Å². The summed E-state index contributed by atoms with van der Waals surface area (Å²) in [5.41, 5.74) is 2.47. The minimum absolute atomic E-state index is 0.296. The third-order valence-corrected chi connectivity index (χ3v) is 4.73. The lowest BCUT2D eigenvalue weighted by molar-refractivity contribution is -0.139. The summed E-state index contributed by atoms with van der Waals surface area (Å²) < 4.78 is 9.97. The van der Waals surface area contributed by atoms with Crippen LogP contribution in [0.15, 0.2) is 52.1 Å². The number of aliphatic imine (C=N–C) groups is 1. The van der Waals surface area contributed by atoms with Crippen LogP contribution in [-0.4, -0.2) is 35.7 Å². The average Bonchev–Trinajstić information content (AvgIpc) is 3.08. The van der Waals surface area contributed by atoms with Gasteiger partial charge in [0, 0.05) is 6.20 Å². The molecule has 0 unspecified atom stereocenters. The number of allylic oxidation sites excluding steroid dienone is 1. The van der Waals surface area contributed by atoms with Crippen LogP contribution in [0.1, 0.15) is 35.8 Å². The van der Waals surface area contributed by atoms with Crippen LogP contribution < -0.4 is 0 Å². The molecule has 25 heavy (non-hydrogen) atoms. The number of hydrogen-bond donors (Lipinski definition) is 0. The van der Waals surface area contributed by atoms with E-state index in [4.69, 9.17) is 9.47 Å². The van der Waals surface area contributed by atoms with Crippen LogP contribution in [0.25, 0.3) is 0 Å². The lowest BCUT2D eigenvalue weighted by atomic mass is 9.94. The van der Waals surface area contributed by atoms with Crippen molar-refractivity contribution in [3.8, 4) is 0 Å². The Morgan fingerprint density at radius 3 is 2.60 bits per heavy atom. The Morgan fingerprint density at radius 2 is 1.96 bits per heavy atom. The fourth-order valence-corrected chi connectivity index (χ4v) is 3.61. The summed E-state index contributed by atoms with van der Waals surface area (Å²) in [5.74, 6) is -0.776. The van der Waals surface area contributed by atoms with E-state index < -0.39 is 5.97 Å². The molecule has 3 rings (SSSR count). The van der Waals surface area contributed by atoms with Crippen LogP contribution in [0.3, 0.4) is 0 Å². The molecular weight excluding hydrogens is 340 g/mol. The van der Waals surface area contributed by atoms with Crippen molar-refractivity contribution in [3.63, 3.8) is 0 Å². The summed E-state index contributed by atoms with van der Waals surface area (Å²) in [4.78, 5) is 30.6. The summed E-state index contributed by atoms with van der Waals surface area (Å²) in [7, 11) is 1.34. The zero-order valence-corrected chi connectivity index (χ0v) is 15.0. The first-order valence-corrected chi connectivity index (χ1v) is 8.71. The topological polar surface area (TPSA) is 68.2 Å². The molecule has 130 valence electrons. The Balaban J connectivity index is 2.03. The summed E-state index contributed by atoms with van der Waals surface area (Å²) in [6, 6.07) is 6.69. The quantitative estimate of drug-likeness (QED) is 0.770. The molecule has 1 aromatic carbocycles. The van der Waals surface area contributed by atoms with Crippen molar-refractivity contribution in [2.45, 2.75) is 19.9 Å². The first-order valence-electron chi connectivity index (χ1n) is 7.83. The van der Waals surface area contributed by atoms with Crippen molar-refractivity contribution in [3.05, 3.63) is 58.3 Å². The number of amidine groups is 1. The molecule has 0 aliphatic carbocycles. The van der Waals surface area contributed by atoms with Gasteiger partial charge in [-0.3, -0.25) is 0 Å². The summed E-state index contributed by atoms with van der Waals surface area (Å²) in [6.45, 7) is 3.88. The van der Waals surface area contributed by atoms with Gasteiger partial charge < -0.3 is 14.4 Å². The van der Waals surface area contributed by atoms with E-state index >= 15 is 0 Å². The second kappa shape index (κ2) is 7.14. The SMILES string of the molecule is CCOC(=O)C1=C(C)N=C2SC=CN2[C@@H]1c1ccc(C(=O)OC)cc1. The highest BCUT2D eigenvalue weighted by Crippen LogP contribution is 2.41. The van der Waals surface area contributed by atoms with Crippen LogP contribution >= 0.6 is 11.8 Å². The maximum atomic E-state index is 12.5. The van der Waals surface area contributed by atoms with E-state index in [1.165, 1.54) is 18.9 Å². The van der Waals surface area contributed by atoms with Gasteiger partial charge in [0.1, 0.15) is 0 Å². The standard InChI is InChI=1S/C18H18N2O4S/c1-4-24-17(22)14-11(2)19-18-20(9-10-25-18)15(14)12-5-7-13(8-6-12)16(21)23-3/h5-10,15H,4H2,1-3H3/t15-/m1/s1. The van der Waals surface area contributed by atoms with Crippen LogP contribution in [0.2, 0.25) is 0 Å². The van der Waals surface area contributed by atoms with Crippen molar-refractivity contribution < 1.29 is 19.1 Å². The van der Waals surface area contributed by atoms with Gasteiger partial charge in [0.15, 0.2) is 5.17 Å². The molecule has 0 bridgehead atoms. The maximum absolute atomic E-state index is 12.5. The molecule has 0 amide bonds. The molecular formula is C18H18N2O4S. The van der Waals surface area contributed by atoms with E-state index in [-0.39, 0.29) is 12.0 Å². The molecule has 0 fully saturated rings. The highest BCUT2D eigenvalue weighted by atomic mass is 32.2. The number of carbonyl (C=O) groups excluding carboxylic acids is 2. The molecule has 6 nitrogen and oxygen atoms in total. The summed E-state index contributed by atoms with van der Waals surface area (Å²) in [5, 5.41) is 2.74. The Hall–Kier alpha value is -2.54. The first-order chi connectivity index (χ1) is 12.1. The number of benzene rings is 1. The molecule has 1 aromatic rings. The predicted octanol–water partition coefficient (Wildman–Crippen LogP) is 3.24. The molecule has 1 atom stereocenters. The molecule has 0 saturated heterocycles. The van der Waals surface area contributed by atoms with Crippen LogP contribution in [0, 0.1) is 0 Å². The van der Waals surface area contributed by atoms with E-state index in [0.717, 1.165) is 10.7 Å². The highest BCUT2D eigenvalue weighted by Gasteiger charge is 2.37. The number of fused-ring (bicyclic) bond motifs is 1. The smallest absolute Gasteiger partial charge is 0.338 e. The number of thioether (sulfide) groups is 1. The fourth-order valence-electron chi connectivity index (χ4n) is 2.82. The van der Waals surface area contributed by atoms with Gasteiger partial charge in [-0.15, -0.1) is 0 Å². The number of hydrogen-bond acceptors (Lipinski definition) is 7. The van der Waals surface area contributed by atoms with Gasteiger partial charge in [-0.1, -0.05) is 23.9 Å². The number of esters is 2. The molecule has 0 radical (unpaired) electrons. The van der Waals surface area contributed by atoms with Gasteiger partial charge in [-0.25, -0.2) is 14.6 Å². The van der Waals surface area contributed by atoms with Crippen molar-refractivity contribution in [1.29, 1.82) is 0 Å². The largest absolute Gasteiger partial charge is 0.465 e. The first kappa shape index (κ1) is 17.3. The molecule has 0 saturated carbocycles. The highest BCUT2D eigenvalue weighted by molar-refractivity contribution is 8.16. The van der Waals surface area contributed by atoms with E-state index in [2.05, 4.69) is 4.99 Å². The molecule has 7 heteroatoms. The normalized spacial score (nSPS) is 18.8. The van der Waals surface area contributed by atoms with E-state index in [1.54, 1.807) is 19.1 Å². The van der Waals surface area contributed by atoms with Gasteiger partial charge in [0.2, 0.25) is 0 Å². The van der Waals surface area contributed by atoms with E-state index in [0.29, 0.717) is 23.4 Å².